The van der Waals surface area contributed by atoms with Crippen LogP contribution in [-0.4, -0.2) is 32.2 Å². The van der Waals surface area contributed by atoms with Crippen LogP contribution >= 0.6 is 0 Å². The van der Waals surface area contributed by atoms with Crippen molar-refractivity contribution in [1.82, 2.24) is 0 Å². The fourth-order valence-corrected chi connectivity index (χ4v) is 0.673. The van der Waals surface area contributed by atoms with Gasteiger partial charge < -0.3 is 15.2 Å². The van der Waals surface area contributed by atoms with Gasteiger partial charge in [0.15, 0.2) is 0 Å². The van der Waals surface area contributed by atoms with Crippen molar-refractivity contribution in [3.63, 3.8) is 0 Å². The van der Waals surface area contributed by atoms with Crippen LogP contribution in [-0.2, 0) is 19.1 Å². The van der Waals surface area contributed by atoms with Crippen molar-refractivity contribution in [2.24, 2.45) is 11.7 Å². The van der Waals surface area contributed by atoms with E-state index in [2.05, 4.69) is 9.47 Å². The number of esters is 2. The summed E-state index contributed by atoms with van der Waals surface area (Å²) in [6.07, 6.45) is 0. The summed E-state index contributed by atoms with van der Waals surface area (Å²) in [5, 5.41) is 0. The normalized spacial score (nSPS) is 14.7. The van der Waals surface area contributed by atoms with Gasteiger partial charge in [0.1, 0.15) is 6.04 Å². The van der Waals surface area contributed by atoms with E-state index in [9.17, 15) is 9.59 Å². The van der Waals surface area contributed by atoms with Gasteiger partial charge in [-0.3, -0.25) is 9.59 Å². The second kappa shape index (κ2) is 4.71. The molecule has 0 amide bonds. The van der Waals surface area contributed by atoms with Crippen molar-refractivity contribution >= 4 is 11.9 Å². The van der Waals surface area contributed by atoms with Crippen molar-refractivity contribution in [2.45, 2.75) is 13.0 Å². The van der Waals surface area contributed by atoms with Crippen molar-refractivity contribution in [2.75, 3.05) is 14.2 Å². The number of nitrogens with two attached hydrogens (primary N) is 1. The second-order valence-electron chi connectivity index (χ2n) is 2.36. The average molecular weight is 175 g/mol. The zero-order chi connectivity index (χ0) is 9.72. The molecule has 1 unspecified atom stereocenters. The van der Waals surface area contributed by atoms with E-state index in [0.29, 0.717) is 0 Å². The molecular formula is C7H13NO4. The Kier molecular flexibility index (Phi) is 4.28. The summed E-state index contributed by atoms with van der Waals surface area (Å²) in [6, 6.07) is -0.956. The molecule has 2 atom stereocenters. The predicted molar refractivity (Wildman–Crippen MR) is 41.2 cm³/mol. The molecule has 0 heterocycles. The number of hydrogen-bond donors (Lipinski definition) is 1. The Hall–Kier alpha value is -1.10. The van der Waals surface area contributed by atoms with Gasteiger partial charge in [-0.15, -0.1) is 0 Å². The summed E-state index contributed by atoms with van der Waals surface area (Å²) in [6.45, 7) is 1.51. The van der Waals surface area contributed by atoms with Crippen LogP contribution in [0.3, 0.4) is 0 Å². The van der Waals surface area contributed by atoms with E-state index in [1.54, 1.807) is 0 Å². The molecule has 12 heavy (non-hydrogen) atoms. The topological polar surface area (TPSA) is 78.6 Å². The Labute approximate surface area is 70.8 Å². The Balaban J connectivity index is 4.18. The first-order valence-corrected chi connectivity index (χ1v) is 3.45. The summed E-state index contributed by atoms with van der Waals surface area (Å²) >= 11 is 0. The standard InChI is InChI=1S/C7H13NO4/c1-4(6(9)11-2)5(8)7(10)12-3/h4-5H,8H2,1-3H3/t4?,5-/m0/s1. The van der Waals surface area contributed by atoms with Crippen molar-refractivity contribution < 1.29 is 19.1 Å². The molecule has 0 rings (SSSR count). The van der Waals surface area contributed by atoms with Gasteiger partial charge >= 0.3 is 11.9 Å². The van der Waals surface area contributed by atoms with E-state index in [-0.39, 0.29) is 0 Å². The number of carbonyl (C=O) groups is 2. The fraction of sp³-hybridized carbons (Fsp3) is 0.714. The highest BCUT2D eigenvalue weighted by Crippen LogP contribution is 2.03. The molecule has 5 heteroatoms. The number of hydrogen-bond acceptors (Lipinski definition) is 5. The quantitative estimate of drug-likeness (QED) is 0.573. The molecule has 70 valence electrons. The molecule has 0 aliphatic heterocycles. The first-order chi connectivity index (χ1) is 5.54. The molecule has 0 aromatic rings. The minimum Gasteiger partial charge on any atom is -0.469 e. The Morgan fingerprint density at radius 3 is 1.92 bits per heavy atom. The van der Waals surface area contributed by atoms with Crippen LogP contribution in [0.5, 0.6) is 0 Å². The predicted octanol–water partition coefficient (Wildman–Crippen LogP) is -0.704. The maximum Gasteiger partial charge on any atom is 0.323 e. The maximum atomic E-state index is 10.9. The maximum absolute atomic E-state index is 10.9. The van der Waals surface area contributed by atoms with E-state index in [0.717, 1.165) is 0 Å². The molecule has 5 nitrogen and oxygen atoms in total. The van der Waals surface area contributed by atoms with Gasteiger partial charge in [-0.05, 0) is 6.92 Å². The highest BCUT2D eigenvalue weighted by atomic mass is 16.5. The molecule has 0 spiro atoms. The number of methoxy groups -OCH3 is 2. The summed E-state index contributed by atoms with van der Waals surface area (Å²) in [4.78, 5) is 21.7. The van der Waals surface area contributed by atoms with Gasteiger partial charge in [0, 0.05) is 0 Å². The van der Waals surface area contributed by atoms with Gasteiger partial charge in [0.05, 0.1) is 20.1 Å². The van der Waals surface area contributed by atoms with E-state index < -0.39 is 23.9 Å². The lowest BCUT2D eigenvalue weighted by molar-refractivity contribution is -0.152. The monoisotopic (exact) mass is 175 g/mol. The average Bonchev–Trinajstić information content (AvgIpc) is 2.12. The van der Waals surface area contributed by atoms with Crippen LogP contribution in [0.1, 0.15) is 6.92 Å². The summed E-state index contributed by atoms with van der Waals surface area (Å²) in [5.74, 6) is -1.82. The van der Waals surface area contributed by atoms with Crippen LogP contribution in [0.2, 0.25) is 0 Å². The SMILES string of the molecule is COC(=O)C(C)[C@H](N)C(=O)OC. The molecule has 0 radical (unpaired) electrons. The second-order valence-corrected chi connectivity index (χ2v) is 2.36. The van der Waals surface area contributed by atoms with Gasteiger partial charge in [-0.2, -0.15) is 0 Å². The summed E-state index contributed by atoms with van der Waals surface area (Å²) in [5.41, 5.74) is 5.37. The van der Waals surface area contributed by atoms with E-state index in [1.165, 1.54) is 21.1 Å². The van der Waals surface area contributed by atoms with Crippen LogP contribution < -0.4 is 5.73 Å². The van der Waals surface area contributed by atoms with Crippen molar-refractivity contribution in [1.29, 1.82) is 0 Å². The van der Waals surface area contributed by atoms with E-state index >= 15 is 0 Å². The van der Waals surface area contributed by atoms with Crippen LogP contribution in [0.4, 0.5) is 0 Å². The van der Waals surface area contributed by atoms with Gasteiger partial charge in [0.2, 0.25) is 0 Å². The third-order valence-electron chi connectivity index (χ3n) is 1.58. The third kappa shape index (κ3) is 2.50. The smallest absolute Gasteiger partial charge is 0.323 e. The van der Waals surface area contributed by atoms with Gasteiger partial charge in [-0.1, -0.05) is 0 Å². The van der Waals surface area contributed by atoms with Crippen molar-refractivity contribution in [3.05, 3.63) is 0 Å². The lowest BCUT2D eigenvalue weighted by Gasteiger charge is -2.14. The van der Waals surface area contributed by atoms with Crippen LogP contribution in [0, 0.1) is 5.92 Å². The molecule has 0 aromatic carbocycles. The van der Waals surface area contributed by atoms with E-state index in [4.69, 9.17) is 5.73 Å². The Morgan fingerprint density at radius 1 is 1.17 bits per heavy atom. The molecule has 0 saturated carbocycles. The van der Waals surface area contributed by atoms with Crippen LogP contribution in [0.25, 0.3) is 0 Å². The molecule has 0 fully saturated rings. The number of rotatable bonds is 3. The zero-order valence-electron chi connectivity index (χ0n) is 7.37. The largest absolute Gasteiger partial charge is 0.469 e. The first kappa shape index (κ1) is 10.9. The molecule has 0 aliphatic rings. The highest BCUT2D eigenvalue weighted by molar-refractivity contribution is 5.84. The first-order valence-electron chi connectivity index (χ1n) is 3.45. The Morgan fingerprint density at radius 2 is 1.58 bits per heavy atom. The van der Waals surface area contributed by atoms with E-state index in [1.807, 2.05) is 0 Å². The van der Waals surface area contributed by atoms with Crippen molar-refractivity contribution in [3.8, 4) is 0 Å². The lowest BCUT2D eigenvalue weighted by Crippen LogP contribution is -2.41. The molecule has 2 N–H and O–H groups in total. The zero-order valence-corrected chi connectivity index (χ0v) is 7.37. The molecular weight excluding hydrogens is 162 g/mol. The van der Waals surface area contributed by atoms with Gasteiger partial charge in [0.25, 0.3) is 0 Å². The van der Waals surface area contributed by atoms with Gasteiger partial charge in [-0.25, -0.2) is 0 Å². The number of carbonyl (C=O) groups excluding carboxylic acids is 2. The Bertz CT molecular complexity index is 160. The minimum absolute atomic E-state index is 0.520. The lowest BCUT2D eigenvalue weighted by atomic mass is 10.0. The summed E-state index contributed by atoms with van der Waals surface area (Å²) < 4.78 is 8.76. The summed E-state index contributed by atoms with van der Waals surface area (Å²) in [7, 11) is 2.45. The highest BCUT2D eigenvalue weighted by Gasteiger charge is 2.27. The number of ether oxygens (including phenoxy) is 2. The molecule has 0 bridgehead atoms. The molecule has 0 aliphatic carbocycles. The third-order valence-corrected chi connectivity index (χ3v) is 1.58. The minimum atomic E-state index is -0.956. The van der Waals surface area contributed by atoms with Crippen LogP contribution in [0.15, 0.2) is 0 Å². The molecule has 0 aromatic heterocycles. The fourth-order valence-electron chi connectivity index (χ4n) is 0.673. The molecule has 0 saturated heterocycles.